The zero-order chi connectivity index (χ0) is 18.6. The van der Waals surface area contributed by atoms with Gasteiger partial charge in [0.2, 0.25) is 0 Å². The summed E-state index contributed by atoms with van der Waals surface area (Å²) in [6.45, 7) is 5.59. The fourth-order valence-electron chi connectivity index (χ4n) is 3.36. The van der Waals surface area contributed by atoms with E-state index in [-0.39, 0.29) is 23.3 Å². The number of hydrogen-bond acceptors (Lipinski definition) is 4. The summed E-state index contributed by atoms with van der Waals surface area (Å²) in [5, 5.41) is 21.3. The second kappa shape index (κ2) is 8.45. The number of halogens is 1. The topological polar surface area (TPSA) is 66.6 Å². The lowest BCUT2D eigenvalue weighted by molar-refractivity contribution is -0.385. The summed E-state index contributed by atoms with van der Waals surface area (Å²) < 4.78 is 1.02. The second-order valence-corrected chi connectivity index (χ2v) is 6.81. The normalized spacial score (nSPS) is 20.0. The molecule has 2 aromatic rings. The maximum absolute atomic E-state index is 11.1. The minimum atomic E-state index is -0.422. The monoisotopic (exact) mass is 406 g/mol. The fourth-order valence-corrected chi connectivity index (χ4v) is 3.94. The molecule has 1 N–H and O–H groups in total. The van der Waals surface area contributed by atoms with Crippen molar-refractivity contribution in [1.82, 2.24) is 4.90 Å². The Balaban J connectivity index is 0.00000109. The molecule has 0 spiro atoms. The maximum Gasteiger partial charge on any atom is 0.269 e. The van der Waals surface area contributed by atoms with E-state index >= 15 is 0 Å². The number of nitro groups is 1. The van der Waals surface area contributed by atoms with Crippen LogP contribution in [-0.2, 0) is 0 Å². The molecule has 1 aliphatic heterocycles. The van der Waals surface area contributed by atoms with Crippen LogP contribution >= 0.6 is 15.9 Å². The number of non-ortho nitro benzene ring substituents is 1. The van der Waals surface area contributed by atoms with E-state index in [9.17, 15) is 15.2 Å². The minimum absolute atomic E-state index is 0.0123. The van der Waals surface area contributed by atoms with E-state index in [1.807, 2.05) is 39.1 Å². The molecule has 1 heterocycles. The van der Waals surface area contributed by atoms with Gasteiger partial charge in [-0.2, -0.15) is 0 Å². The number of likely N-dealkylation sites (N-methyl/N-ethyl adjacent to an activating group) is 1. The van der Waals surface area contributed by atoms with Crippen LogP contribution in [0.15, 0.2) is 46.9 Å². The molecule has 0 radical (unpaired) electrons. The Morgan fingerprint density at radius 1 is 1.12 bits per heavy atom. The number of aromatic hydroxyl groups is 1. The maximum atomic E-state index is 11.1. The molecule has 3 rings (SSSR count). The van der Waals surface area contributed by atoms with Crippen molar-refractivity contribution in [3.05, 3.63) is 68.2 Å². The van der Waals surface area contributed by atoms with Crippen molar-refractivity contribution in [2.45, 2.75) is 25.7 Å². The van der Waals surface area contributed by atoms with Crippen LogP contribution in [0.2, 0.25) is 0 Å². The van der Waals surface area contributed by atoms with E-state index in [1.165, 1.54) is 18.2 Å². The Kier molecular flexibility index (Phi) is 6.56. The number of phenolic OH excluding ortho intramolecular Hbond substituents is 1. The van der Waals surface area contributed by atoms with Crippen molar-refractivity contribution < 1.29 is 10.0 Å². The van der Waals surface area contributed by atoms with Crippen molar-refractivity contribution in [3.63, 3.8) is 0 Å². The average Bonchev–Trinajstić information content (AvgIpc) is 2.98. The van der Waals surface area contributed by atoms with Gasteiger partial charge in [-0.05, 0) is 24.7 Å². The molecule has 1 unspecified atom stereocenters. The molecule has 2 aromatic carbocycles. The summed E-state index contributed by atoms with van der Waals surface area (Å²) in [6.07, 6.45) is 0. The Morgan fingerprint density at radius 2 is 1.72 bits per heavy atom. The lowest BCUT2D eigenvalue weighted by Crippen LogP contribution is -2.13. The van der Waals surface area contributed by atoms with E-state index in [0.29, 0.717) is 5.56 Å². The molecule has 5 nitrogen and oxygen atoms in total. The molecule has 0 aliphatic carbocycles. The number of nitro benzene ring substituents is 1. The first-order chi connectivity index (χ1) is 12.0. The fraction of sp³-hybridized carbons (Fsp3) is 0.368. The van der Waals surface area contributed by atoms with Crippen LogP contribution in [0.1, 0.15) is 36.8 Å². The van der Waals surface area contributed by atoms with Gasteiger partial charge in [-0.25, -0.2) is 0 Å². The van der Waals surface area contributed by atoms with Crippen LogP contribution < -0.4 is 0 Å². The van der Waals surface area contributed by atoms with Crippen LogP contribution in [-0.4, -0.2) is 35.1 Å². The van der Waals surface area contributed by atoms with Crippen LogP contribution in [0.3, 0.4) is 0 Å². The van der Waals surface area contributed by atoms with Gasteiger partial charge in [0, 0.05) is 47.1 Å². The van der Waals surface area contributed by atoms with Gasteiger partial charge in [-0.3, -0.25) is 10.1 Å². The minimum Gasteiger partial charge on any atom is -0.508 e. The van der Waals surface area contributed by atoms with Gasteiger partial charge in [0.1, 0.15) is 5.75 Å². The summed E-state index contributed by atoms with van der Waals surface area (Å²) in [5.41, 5.74) is 1.82. The van der Waals surface area contributed by atoms with E-state index in [0.717, 1.165) is 23.1 Å². The highest BCUT2D eigenvalue weighted by molar-refractivity contribution is 9.10. The smallest absolute Gasteiger partial charge is 0.269 e. The molecule has 0 saturated carbocycles. The summed E-state index contributed by atoms with van der Waals surface area (Å²) in [4.78, 5) is 12.8. The van der Waals surface area contributed by atoms with Gasteiger partial charge in [-0.1, -0.05) is 48.0 Å². The molecule has 1 fully saturated rings. The van der Waals surface area contributed by atoms with Crippen molar-refractivity contribution >= 4 is 21.6 Å². The lowest BCUT2D eigenvalue weighted by Gasteiger charge is -2.21. The Labute approximate surface area is 156 Å². The highest BCUT2D eigenvalue weighted by atomic mass is 79.9. The first-order valence-corrected chi connectivity index (χ1v) is 9.17. The van der Waals surface area contributed by atoms with Gasteiger partial charge < -0.3 is 10.0 Å². The third kappa shape index (κ3) is 4.19. The number of hydrogen-bond donors (Lipinski definition) is 1. The molecular weight excluding hydrogens is 384 g/mol. The molecule has 134 valence electrons. The molecule has 0 bridgehead atoms. The zero-order valence-electron chi connectivity index (χ0n) is 14.6. The number of benzene rings is 2. The van der Waals surface area contributed by atoms with E-state index < -0.39 is 4.92 Å². The summed E-state index contributed by atoms with van der Waals surface area (Å²) in [5.74, 6) is 0.301. The second-order valence-electron chi connectivity index (χ2n) is 5.96. The summed E-state index contributed by atoms with van der Waals surface area (Å²) in [7, 11) is 2.03. The number of rotatable bonds is 3. The first kappa shape index (κ1) is 19.4. The molecule has 1 saturated heterocycles. The van der Waals surface area contributed by atoms with Crippen LogP contribution in [0.4, 0.5) is 5.69 Å². The highest BCUT2D eigenvalue weighted by Gasteiger charge is 2.36. The molecular formula is C19H23BrN2O3. The Morgan fingerprint density at radius 3 is 2.32 bits per heavy atom. The van der Waals surface area contributed by atoms with E-state index in [1.54, 1.807) is 0 Å². The Hall–Kier alpha value is -1.92. The predicted octanol–water partition coefficient (Wildman–Crippen LogP) is 4.90. The predicted molar refractivity (Wildman–Crippen MR) is 103 cm³/mol. The van der Waals surface area contributed by atoms with E-state index in [2.05, 4.69) is 26.9 Å². The van der Waals surface area contributed by atoms with Crippen molar-refractivity contribution in [3.8, 4) is 5.75 Å². The van der Waals surface area contributed by atoms with Gasteiger partial charge in [0.25, 0.3) is 5.69 Å². The number of likely N-dealkylation sites (tertiary alicyclic amines) is 1. The third-order valence-corrected chi connectivity index (χ3v) is 5.15. The van der Waals surface area contributed by atoms with Gasteiger partial charge in [0.05, 0.1) is 4.92 Å². The van der Waals surface area contributed by atoms with Crippen molar-refractivity contribution in [2.75, 3.05) is 20.1 Å². The molecule has 0 amide bonds. The number of nitrogens with zero attached hydrogens (tertiary/aromatic N) is 2. The average molecular weight is 407 g/mol. The summed E-state index contributed by atoms with van der Waals surface area (Å²) in [6, 6.07) is 12.3. The third-order valence-electron chi connectivity index (χ3n) is 4.43. The van der Waals surface area contributed by atoms with Crippen LogP contribution in [0.5, 0.6) is 5.75 Å². The molecule has 6 heteroatoms. The molecule has 0 aromatic heterocycles. The lowest BCUT2D eigenvalue weighted by atomic mass is 9.83. The largest absolute Gasteiger partial charge is 0.508 e. The molecule has 25 heavy (non-hydrogen) atoms. The van der Waals surface area contributed by atoms with Crippen LogP contribution in [0, 0.1) is 10.1 Å². The quantitative estimate of drug-likeness (QED) is 0.581. The van der Waals surface area contributed by atoms with E-state index in [4.69, 9.17) is 0 Å². The SMILES string of the molecule is CC.CN1CC(c2ccccc2Br)[C@@H](c2cc([N+](=O)[O-])ccc2O)C1. The van der Waals surface area contributed by atoms with Crippen LogP contribution in [0.25, 0.3) is 0 Å². The standard InChI is InChI=1S/C17H17BrN2O3.C2H6/c1-19-9-14(12-4-2-3-5-16(12)18)15(10-19)13-8-11(20(22)23)6-7-17(13)21;1-2/h2-8,14-15,21H,9-10H2,1H3;1-2H3/t14?,15-;/m1./s1. The summed E-state index contributed by atoms with van der Waals surface area (Å²) >= 11 is 3.59. The first-order valence-electron chi connectivity index (χ1n) is 8.37. The van der Waals surface area contributed by atoms with Gasteiger partial charge in [0.15, 0.2) is 0 Å². The number of phenols is 1. The van der Waals surface area contributed by atoms with Gasteiger partial charge in [-0.15, -0.1) is 0 Å². The molecule has 2 atom stereocenters. The highest BCUT2D eigenvalue weighted by Crippen LogP contribution is 2.44. The van der Waals surface area contributed by atoms with Crippen molar-refractivity contribution in [2.24, 2.45) is 0 Å². The van der Waals surface area contributed by atoms with Crippen molar-refractivity contribution in [1.29, 1.82) is 0 Å². The molecule has 1 aliphatic rings. The Bertz CT molecular complexity index is 751. The van der Waals surface area contributed by atoms with Gasteiger partial charge >= 0.3 is 0 Å². The zero-order valence-corrected chi connectivity index (χ0v) is 16.2.